The van der Waals surface area contributed by atoms with Gasteiger partial charge in [-0.2, -0.15) is 0 Å². The molecule has 28 heavy (non-hydrogen) atoms. The standard InChI is InChI=1S/C18H14N2O7S/c1-25-17-11-6-7-26-12(11)8-13-14(17)16(21)15(18(22)27-13)20-9-2-4-10(5-3-9)28(19,23)24/h2-8,20-21H,1H3,(H2,19,23,24). The van der Waals surface area contributed by atoms with Gasteiger partial charge in [-0.25, -0.2) is 18.4 Å². The van der Waals surface area contributed by atoms with Crippen LogP contribution in [0.25, 0.3) is 21.9 Å². The molecule has 0 fully saturated rings. The first-order valence-electron chi connectivity index (χ1n) is 7.93. The highest BCUT2D eigenvalue weighted by Gasteiger charge is 2.21. The van der Waals surface area contributed by atoms with Crippen molar-refractivity contribution in [3.63, 3.8) is 0 Å². The second-order valence-corrected chi connectivity index (χ2v) is 7.48. The van der Waals surface area contributed by atoms with Crippen molar-refractivity contribution in [2.45, 2.75) is 4.90 Å². The fourth-order valence-corrected chi connectivity index (χ4v) is 3.45. The molecule has 10 heteroatoms. The molecule has 0 aliphatic rings. The zero-order valence-electron chi connectivity index (χ0n) is 14.4. The third-order valence-corrected chi connectivity index (χ3v) is 5.14. The molecule has 4 rings (SSSR count). The molecule has 2 heterocycles. The number of furan rings is 1. The van der Waals surface area contributed by atoms with Crippen molar-refractivity contribution in [2.24, 2.45) is 5.14 Å². The zero-order valence-corrected chi connectivity index (χ0v) is 15.2. The van der Waals surface area contributed by atoms with Gasteiger partial charge in [-0.15, -0.1) is 0 Å². The van der Waals surface area contributed by atoms with E-state index in [0.29, 0.717) is 16.7 Å². The van der Waals surface area contributed by atoms with Gasteiger partial charge in [0.1, 0.15) is 22.3 Å². The molecular formula is C18H14N2O7S. The number of fused-ring (bicyclic) bond motifs is 2. The second-order valence-electron chi connectivity index (χ2n) is 5.92. The smallest absolute Gasteiger partial charge is 0.364 e. The maximum atomic E-state index is 12.4. The van der Waals surface area contributed by atoms with E-state index in [1.54, 1.807) is 6.07 Å². The Hall–Kier alpha value is -3.50. The lowest BCUT2D eigenvalue weighted by molar-refractivity contribution is 0.418. The van der Waals surface area contributed by atoms with E-state index < -0.39 is 15.6 Å². The molecule has 0 aliphatic carbocycles. The van der Waals surface area contributed by atoms with Gasteiger partial charge in [0.2, 0.25) is 10.0 Å². The maximum absolute atomic E-state index is 12.4. The highest BCUT2D eigenvalue weighted by molar-refractivity contribution is 7.89. The van der Waals surface area contributed by atoms with Gasteiger partial charge in [0, 0.05) is 11.8 Å². The second kappa shape index (κ2) is 6.29. The van der Waals surface area contributed by atoms with Crippen LogP contribution in [-0.4, -0.2) is 20.6 Å². The Morgan fingerprint density at radius 2 is 1.86 bits per heavy atom. The Morgan fingerprint density at radius 3 is 2.50 bits per heavy atom. The number of nitrogens with one attached hydrogen (secondary N) is 1. The van der Waals surface area contributed by atoms with Gasteiger partial charge >= 0.3 is 5.63 Å². The van der Waals surface area contributed by atoms with Crippen molar-refractivity contribution < 1.29 is 27.1 Å². The van der Waals surface area contributed by atoms with Crippen LogP contribution in [0.4, 0.5) is 11.4 Å². The van der Waals surface area contributed by atoms with Crippen LogP contribution >= 0.6 is 0 Å². The monoisotopic (exact) mass is 402 g/mol. The van der Waals surface area contributed by atoms with E-state index in [1.807, 2.05) is 0 Å². The predicted octanol–water partition coefficient (Wildman–Crippen LogP) is 2.64. The highest BCUT2D eigenvalue weighted by atomic mass is 32.2. The van der Waals surface area contributed by atoms with Gasteiger partial charge in [0.15, 0.2) is 11.4 Å². The van der Waals surface area contributed by atoms with Crippen molar-refractivity contribution in [3.8, 4) is 11.5 Å². The number of sulfonamides is 1. The van der Waals surface area contributed by atoms with Crippen LogP contribution in [-0.2, 0) is 10.0 Å². The summed E-state index contributed by atoms with van der Waals surface area (Å²) in [5, 5.41) is 19.3. The zero-order chi connectivity index (χ0) is 20.1. The molecule has 4 aromatic rings. The number of nitrogens with two attached hydrogens (primary N) is 1. The van der Waals surface area contributed by atoms with Crippen LogP contribution in [0.15, 0.2) is 61.2 Å². The third-order valence-electron chi connectivity index (χ3n) is 4.21. The minimum atomic E-state index is -3.84. The SMILES string of the molecule is COc1c2ccoc2cc2oc(=O)c(Nc3ccc(S(N)(=O)=O)cc3)c(O)c12. The molecular weight excluding hydrogens is 388 g/mol. The Balaban J connectivity index is 1.88. The number of methoxy groups -OCH3 is 1. The van der Waals surface area contributed by atoms with Crippen molar-refractivity contribution in [1.82, 2.24) is 0 Å². The average molecular weight is 402 g/mol. The number of benzene rings is 2. The van der Waals surface area contributed by atoms with E-state index in [9.17, 15) is 18.3 Å². The first kappa shape index (κ1) is 17.9. The minimum Gasteiger partial charge on any atom is -0.505 e. The number of aromatic hydroxyl groups is 1. The quantitative estimate of drug-likeness (QED) is 0.442. The fourth-order valence-electron chi connectivity index (χ4n) is 2.93. The largest absolute Gasteiger partial charge is 0.505 e. The predicted molar refractivity (Wildman–Crippen MR) is 102 cm³/mol. The molecule has 0 spiro atoms. The van der Waals surface area contributed by atoms with Crippen molar-refractivity contribution in [3.05, 3.63) is 53.1 Å². The number of rotatable bonds is 4. The summed E-state index contributed by atoms with van der Waals surface area (Å²) in [4.78, 5) is 12.3. The molecule has 0 unspecified atom stereocenters. The molecule has 0 saturated heterocycles. The topological polar surface area (TPSA) is 145 Å². The van der Waals surface area contributed by atoms with E-state index in [-0.39, 0.29) is 33.1 Å². The van der Waals surface area contributed by atoms with Crippen LogP contribution in [0.3, 0.4) is 0 Å². The molecule has 0 bridgehead atoms. The van der Waals surface area contributed by atoms with Crippen LogP contribution in [0.1, 0.15) is 0 Å². The lowest BCUT2D eigenvalue weighted by atomic mass is 10.1. The summed E-state index contributed by atoms with van der Waals surface area (Å²) in [5.41, 5.74) is -0.175. The number of hydrogen-bond acceptors (Lipinski definition) is 8. The number of anilines is 2. The Bertz CT molecular complexity index is 1370. The van der Waals surface area contributed by atoms with E-state index in [0.717, 1.165) is 0 Å². The first-order valence-corrected chi connectivity index (χ1v) is 9.48. The molecule has 9 nitrogen and oxygen atoms in total. The first-order chi connectivity index (χ1) is 13.3. The lowest BCUT2D eigenvalue weighted by Gasteiger charge is -2.12. The van der Waals surface area contributed by atoms with Gasteiger partial charge in [-0.3, -0.25) is 0 Å². The maximum Gasteiger partial charge on any atom is 0.364 e. The molecule has 0 atom stereocenters. The average Bonchev–Trinajstić information content (AvgIpc) is 3.11. The van der Waals surface area contributed by atoms with Crippen molar-refractivity contribution in [1.29, 1.82) is 0 Å². The minimum absolute atomic E-state index is 0.0863. The van der Waals surface area contributed by atoms with Crippen molar-refractivity contribution in [2.75, 3.05) is 12.4 Å². The summed E-state index contributed by atoms with van der Waals surface area (Å²) < 4.78 is 38.7. The summed E-state index contributed by atoms with van der Waals surface area (Å²) in [5.74, 6) is -0.0863. The van der Waals surface area contributed by atoms with E-state index in [4.69, 9.17) is 18.7 Å². The van der Waals surface area contributed by atoms with Gasteiger partial charge < -0.3 is 24.0 Å². The van der Waals surface area contributed by atoms with Crippen molar-refractivity contribution >= 4 is 43.3 Å². The lowest BCUT2D eigenvalue weighted by Crippen LogP contribution is -2.12. The third kappa shape index (κ3) is 2.84. The van der Waals surface area contributed by atoms with Crippen LogP contribution in [0, 0.1) is 0 Å². The molecule has 0 saturated carbocycles. The van der Waals surface area contributed by atoms with E-state index >= 15 is 0 Å². The molecule has 0 radical (unpaired) electrons. The number of primary sulfonamides is 1. The summed E-state index contributed by atoms with van der Waals surface area (Å²) in [6.07, 6.45) is 1.45. The van der Waals surface area contributed by atoms with E-state index in [2.05, 4.69) is 5.32 Å². The normalized spacial score (nSPS) is 11.8. The molecule has 0 amide bonds. The molecule has 4 N–H and O–H groups in total. The van der Waals surface area contributed by atoms with Crippen LogP contribution in [0.5, 0.6) is 11.5 Å². The highest BCUT2D eigenvalue weighted by Crippen LogP contribution is 2.42. The number of ether oxygens (including phenoxy) is 1. The van der Waals surface area contributed by atoms with Gasteiger partial charge in [0.25, 0.3) is 0 Å². The molecule has 2 aromatic carbocycles. The van der Waals surface area contributed by atoms with Gasteiger partial charge in [0.05, 0.1) is 23.7 Å². The van der Waals surface area contributed by atoms with Gasteiger partial charge in [-0.05, 0) is 30.3 Å². The summed E-state index contributed by atoms with van der Waals surface area (Å²) >= 11 is 0. The molecule has 2 aromatic heterocycles. The van der Waals surface area contributed by atoms with Gasteiger partial charge in [-0.1, -0.05) is 0 Å². The Labute approximate surface area is 158 Å². The summed E-state index contributed by atoms with van der Waals surface area (Å²) in [7, 11) is -2.42. The number of hydrogen-bond donors (Lipinski definition) is 3. The summed E-state index contributed by atoms with van der Waals surface area (Å²) in [6, 6.07) is 8.49. The summed E-state index contributed by atoms with van der Waals surface area (Å²) in [6.45, 7) is 0. The van der Waals surface area contributed by atoms with E-state index in [1.165, 1.54) is 43.7 Å². The fraction of sp³-hybridized carbons (Fsp3) is 0.0556. The van der Waals surface area contributed by atoms with Crippen LogP contribution < -0.4 is 20.8 Å². The molecule has 0 aliphatic heterocycles. The molecule has 144 valence electrons. The Morgan fingerprint density at radius 1 is 1.14 bits per heavy atom. The Kier molecular flexibility index (Phi) is 4.02. The van der Waals surface area contributed by atoms with Crippen LogP contribution in [0.2, 0.25) is 0 Å².